The molecule has 0 bridgehead atoms. The fourth-order valence-electron chi connectivity index (χ4n) is 3.14. The van der Waals surface area contributed by atoms with Crippen LogP contribution in [0.15, 0.2) is 78.9 Å². The first-order valence-corrected chi connectivity index (χ1v) is 10.0. The lowest BCUT2D eigenvalue weighted by Crippen LogP contribution is -2.09. The third-order valence-corrected chi connectivity index (χ3v) is 4.85. The van der Waals surface area contributed by atoms with E-state index in [4.69, 9.17) is 33.0 Å². The van der Waals surface area contributed by atoms with Crippen molar-refractivity contribution in [3.05, 3.63) is 101 Å². The number of ether oxygens (including phenoxy) is 1. The summed E-state index contributed by atoms with van der Waals surface area (Å²) >= 11 is 12.3. The maximum atomic E-state index is 10.7. The number of hydrogen-bond acceptors (Lipinski definition) is 2. The highest BCUT2D eigenvalue weighted by molar-refractivity contribution is 6.30. The van der Waals surface area contributed by atoms with Gasteiger partial charge in [-0.1, -0.05) is 66.2 Å². The molecule has 0 saturated heterocycles. The molecule has 0 spiro atoms. The van der Waals surface area contributed by atoms with Gasteiger partial charge in [-0.25, -0.2) is 4.79 Å². The Morgan fingerprint density at radius 2 is 1.41 bits per heavy atom. The molecular weight excluding hydrogens is 407 g/mol. The molecule has 3 aromatic rings. The van der Waals surface area contributed by atoms with Gasteiger partial charge in [0.1, 0.15) is 5.75 Å². The van der Waals surface area contributed by atoms with Crippen LogP contribution in [0.2, 0.25) is 5.02 Å². The van der Waals surface area contributed by atoms with E-state index in [1.165, 1.54) is 0 Å². The summed E-state index contributed by atoms with van der Waals surface area (Å²) in [6.07, 6.45) is 0.695. The van der Waals surface area contributed by atoms with Crippen molar-refractivity contribution in [1.29, 1.82) is 0 Å². The van der Waals surface area contributed by atoms with E-state index in [1.807, 2.05) is 54.6 Å². The number of rotatable bonds is 8. The summed E-state index contributed by atoms with van der Waals surface area (Å²) in [5.74, 6) is -0.0179. The molecule has 0 fully saturated rings. The molecule has 0 radical (unpaired) electrons. The molecule has 3 nitrogen and oxygen atoms in total. The fraction of sp³-hybridized carbons (Fsp3) is 0.125. The van der Waals surface area contributed by atoms with Gasteiger partial charge < -0.3 is 9.84 Å². The summed E-state index contributed by atoms with van der Waals surface area (Å²) in [5.41, 5.74) is 5.29. The summed E-state index contributed by atoms with van der Waals surface area (Å²) in [6, 6.07) is 25.3. The lowest BCUT2D eigenvalue weighted by atomic mass is 9.88. The van der Waals surface area contributed by atoms with E-state index in [0.29, 0.717) is 23.1 Å². The standard InChI is InChI=1S/C24H20Cl2O3/c25-15-14-22(17-4-2-1-3-5-17)24(18-6-10-20(26)11-7-18)19-8-12-21(13-9-19)29-16-23(27)28/h1-13H,14-16H2,(H,27,28)/b24-22-. The Labute approximate surface area is 180 Å². The zero-order valence-corrected chi connectivity index (χ0v) is 17.2. The van der Waals surface area contributed by atoms with Gasteiger partial charge in [0, 0.05) is 10.9 Å². The van der Waals surface area contributed by atoms with Crippen molar-refractivity contribution < 1.29 is 14.6 Å². The Morgan fingerprint density at radius 3 is 1.97 bits per heavy atom. The molecule has 0 atom stereocenters. The Hall–Kier alpha value is -2.75. The minimum atomic E-state index is -1.01. The first-order valence-electron chi connectivity index (χ1n) is 9.14. The molecule has 148 valence electrons. The summed E-state index contributed by atoms with van der Waals surface area (Å²) in [6.45, 7) is -0.374. The average Bonchev–Trinajstić information content (AvgIpc) is 2.74. The van der Waals surface area contributed by atoms with Gasteiger partial charge in [0.25, 0.3) is 0 Å². The van der Waals surface area contributed by atoms with Crippen molar-refractivity contribution in [2.45, 2.75) is 6.42 Å². The Morgan fingerprint density at radius 1 is 0.828 bits per heavy atom. The van der Waals surface area contributed by atoms with Crippen molar-refractivity contribution in [3.63, 3.8) is 0 Å². The van der Waals surface area contributed by atoms with E-state index in [0.717, 1.165) is 27.8 Å². The van der Waals surface area contributed by atoms with Crippen LogP contribution in [-0.4, -0.2) is 23.6 Å². The van der Waals surface area contributed by atoms with Crippen molar-refractivity contribution in [2.75, 3.05) is 12.5 Å². The van der Waals surface area contributed by atoms with E-state index in [2.05, 4.69) is 12.1 Å². The molecule has 3 aromatic carbocycles. The van der Waals surface area contributed by atoms with Crippen molar-refractivity contribution >= 4 is 40.3 Å². The van der Waals surface area contributed by atoms with E-state index in [1.54, 1.807) is 12.1 Å². The quantitative estimate of drug-likeness (QED) is 0.335. The van der Waals surface area contributed by atoms with E-state index >= 15 is 0 Å². The van der Waals surface area contributed by atoms with Crippen molar-refractivity contribution in [1.82, 2.24) is 0 Å². The van der Waals surface area contributed by atoms with E-state index in [9.17, 15) is 4.79 Å². The first kappa shape index (κ1) is 21.0. The first-order chi connectivity index (χ1) is 14.1. The van der Waals surface area contributed by atoms with Crippen LogP contribution in [0.4, 0.5) is 0 Å². The molecule has 29 heavy (non-hydrogen) atoms. The highest BCUT2D eigenvalue weighted by atomic mass is 35.5. The second-order valence-electron chi connectivity index (χ2n) is 6.37. The Balaban J connectivity index is 2.12. The molecule has 0 saturated carbocycles. The smallest absolute Gasteiger partial charge is 0.341 e. The molecule has 0 aliphatic carbocycles. The van der Waals surface area contributed by atoms with Crippen LogP contribution in [0, 0.1) is 0 Å². The summed E-state index contributed by atoms with van der Waals surface area (Å²) in [4.78, 5) is 10.7. The number of benzene rings is 3. The fourth-order valence-corrected chi connectivity index (χ4v) is 3.46. The van der Waals surface area contributed by atoms with E-state index in [-0.39, 0.29) is 6.61 Å². The Kier molecular flexibility index (Phi) is 7.34. The molecule has 0 amide bonds. The van der Waals surface area contributed by atoms with Crippen LogP contribution in [0.25, 0.3) is 11.1 Å². The number of hydrogen-bond donors (Lipinski definition) is 1. The van der Waals surface area contributed by atoms with Gasteiger partial charge in [-0.05, 0) is 58.5 Å². The number of carboxylic acids is 1. The number of aliphatic carboxylic acids is 1. The van der Waals surface area contributed by atoms with Gasteiger partial charge in [0.15, 0.2) is 6.61 Å². The highest BCUT2D eigenvalue weighted by Gasteiger charge is 2.14. The third kappa shape index (κ3) is 5.63. The van der Waals surface area contributed by atoms with Gasteiger partial charge >= 0.3 is 5.97 Å². The minimum absolute atomic E-state index is 0.374. The molecule has 0 heterocycles. The summed E-state index contributed by atoms with van der Waals surface area (Å²) < 4.78 is 5.26. The maximum absolute atomic E-state index is 10.7. The SMILES string of the molecule is O=C(O)COc1ccc(/C(=C(/CCCl)c2ccccc2)c2ccc(Cl)cc2)cc1. The molecule has 0 aromatic heterocycles. The molecule has 0 aliphatic heterocycles. The van der Waals surface area contributed by atoms with Gasteiger partial charge in [-0.15, -0.1) is 11.6 Å². The molecule has 0 unspecified atom stereocenters. The normalized spacial score (nSPS) is 11.7. The van der Waals surface area contributed by atoms with Crippen molar-refractivity contribution in [2.24, 2.45) is 0 Å². The van der Waals surface area contributed by atoms with Crippen molar-refractivity contribution in [3.8, 4) is 5.75 Å². The second kappa shape index (κ2) is 10.1. The number of carboxylic acid groups (broad SMARTS) is 1. The summed E-state index contributed by atoms with van der Waals surface area (Å²) in [7, 11) is 0. The molecule has 1 N–H and O–H groups in total. The monoisotopic (exact) mass is 426 g/mol. The number of halogens is 2. The zero-order chi connectivity index (χ0) is 20.6. The molecule has 3 rings (SSSR count). The van der Waals surface area contributed by atoms with Gasteiger partial charge in [0.05, 0.1) is 0 Å². The summed E-state index contributed by atoms with van der Waals surface area (Å²) in [5, 5.41) is 9.46. The number of carbonyl (C=O) groups is 1. The predicted octanol–water partition coefficient (Wildman–Crippen LogP) is 6.39. The molecule has 0 aliphatic rings. The van der Waals surface area contributed by atoms with Gasteiger partial charge in [0.2, 0.25) is 0 Å². The number of allylic oxidation sites excluding steroid dienone is 1. The van der Waals surface area contributed by atoms with Crippen LogP contribution in [-0.2, 0) is 4.79 Å². The predicted molar refractivity (Wildman–Crippen MR) is 119 cm³/mol. The topological polar surface area (TPSA) is 46.5 Å². The van der Waals surface area contributed by atoms with Crippen LogP contribution >= 0.6 is 23.2 Å². The highest BCUT2D eigenvalue weighted by Crippen LogP contribution is 2.35. The van der Waals surface area contributed by atoms with Crippen LogP contribution in [0.3, 0.4) is 0 Å². The maximum Gasteiger partial charge on any atom is 0.341 e. The molecular formula is C24H20Cl2O3. The lowest BCUT2D eigenvalue weighted by molar-refractivity contribution is -0.139. The second-order valence-corrected chi connectivity index (χ2v) is 7.19. The third-order valence-electron chi connectivity index (χ3n) is 4.41. The zero-order valence-electron chi connectivity index (χ0n) is 15.6. The minimum Gasteiger partial charge on any atom is -0.482 e. The van der Waals surface area contributed by atoms with Gasteiger partial charge in [-0.2, -0.15) is 0 Å². The van der Waals surface area contributed by atoms with Gasteiger partial charge in [-0.3, -0.25) is 0 Å². The average molecular weight is 427 g/mol. The lowest BCUT2D eigenvalue weighted by Gasteiger charge is -2.17. The largest absolute Gasteiger partial charge is 0.482 e. The van der Waals surface area contributed by atoms with Crippen LogP contribution in [0.1, 0.15) is 23.1 Å². The number of alkyl halides is 1. The Bertz CT molecular complexity index is 979. The van der Waals surface area contributed by atoms with Crippen LogP contribution < -0.4 is 4.74 Å². The van der Waals surface area contributed by atoms with E-state index < -0.39 is 5.97 Å². The van der Waals surface area contributed by atoms with Crippen LogP contribution in [0.5, 0.6) is 5.75 Å². The molecule has 5 heteroatoms.